The smallest absolute Gasteiger partial charge is 0.0715 e. The second-order valence-corrected chi connectivity index (χ2v) is 7.48. The van der Waals surface area contributed by atoms with E-state index in [1.165, 1.54) is 44.2 Å². The van der Waals surface area contributed by atoms with Crippen molar-refractivity contribution in [1.82, 2.24) is 15.2 Å². The number of nitrogens with one attached hydrogen (secondary N) is 1. The first-order valence-electron chi connectivity index (χ1n) is 8.27. The quantitative estimate of drug-likeness (QED) is 0.588. The molecule has 1 heterocycles. The summed E-state index contributed by atoms with van der Waals surface area (Å²) in [7, 11) is 0. The van der Waals surface area contributed by atoms with Crippen LogP contribution in [0.1, 0.15) is 77.1 Å². The number of hydrazine groups is 1. The molecule has 1 aromatic heterocycles. The summed E-state index contributed by atoms with van der Waals surface area (Å²) in [4.78, 5) is 0. The average molecular weight is 357 g/mol. The third kappa shape index (κ3) is 3.88. The summed E-state index contributed by atoms with van der Waals surface area (Å²) >= 11 is 3.65. The molecule has 120 valence electrons. The monoisotopic (exact) mass is 356 g/mol. The van der Waals surface area contributed by atoms with Gasteiger partial charge in [-0.1, -0.05) is 32.6 Å². The Morgan fingerprint density at radius 2 is 2.05 bits per heavy atom. The van der Waals surface area contributed by atoms with Crippen molar-refractivity contribution in [3.05, 3.63) is 16.4 Å². The molecule has 0 bridgehead atoms. The van der Waals surface area contributed by atoms with E-state index in [4.69, 9.17) is 5.84 Å². The minimum absolute atomic E-state index is 0.187. The van der Waals surface area contributed by atoms with E-state index in [0.717, 1.165) is 10.4 Å². The Balaban J connectivity index is 2.12. The minimum atomic E-state index is 0.187. The van der Waals surface area contributed by atoms with Crippen molar-refractivity contribution in [2.45, 2.75) is 71.4 Å². The average Bonchev–Trinajstić information content (AvgIpc) is 2.84. The number of rotatable bonds is 6. The molecule has 3 N–H and O–H groups in total. The van der Waals surface area contributed by atoms with Crippen molar-refractivity contribution in [2.24, 2.45) is 17.7 Å². The second-order valence-electron chi connectivity index (χ2n) is 6.63. The molecule has 1 fully saturated rings. The molecule has 1 aliphatic carbocycles. The Morgan fingerprint density at radius 1 is 1.38 bits per heavy atom. The zero-order chi connectivity index (χ0) is 15.4. The van der Waals surface area contributed by atoms with Gasteiger partial charge < -0.3 is 0 Å². The molecule has 0 aliphatic heterocycles. The van der Waals surface area contributed by atoms with E-state index >= 15 is 0 Å². The van der Waals surface area contributed by atoms with Gasteiger partial charge in [0.2, 0.25) is 0 Å². The fraction of sp³-hybridized carbons (Fsp3) is 0.812. The molecule has 2 rings (SSSR count). The van der Waals surface area contributed by atoms with Crippen LogP contribution in [0.15, 0.2) is 10.7 Å². The van der Waals surface area contributed by atoms with E-state index in [-0.39, 0.29) is 6.04 Å². The number of halogens is 1. The first-order chi connectivity index (χ1) is 10.1. The SMILES string of the molecule is CCCC1CCC(C(NN)c2c(Br)cnn2C(C)C)CC1. The third-order valence-electron chi connectivity index (χ3n) is 4.81. The molecule has 21 heavy (non-hydrogen) atoms. The van der Waals surface area contributed by atoms with Crippen molar-refractivity contribution in [3.63, 3.8) is 0 Å². The Bertz CT molecular complexity index is 435. The lowest BCUT2D eigenvalue weighted by atomic mass is 9.76. The van der Waals surface area contributed by atoms with Gasteiger partial charge in [0.25, 0.3) is 0 Å². The molecule has 1 saturated carbocycles. The van der Waals surface area contributed by atoms with Crippen LogP contribution in [0, 0.1) is 11.8 Å². The highest BCUT2D eigenvalue weighted by molar-refractivity contribution is 9.10. The van der Waals surface area contributed by atoms with Crippen LogP contribution in [-0.4, -0.2) is 9.78 Å². The Labute approximate surface area is 137 Å². The number of nitrogens with zero attached hydrogens (tertiary/aromatic N) is 2. The molecule has 0 saturated heterocycles. The fourth-order valence-electron chi connectivity index (χ4n) is 3.71. The summed E-state index contributed by atoms with van der Waals surface area (Å²) in [6, 6.07) is 0.533. The number of aromatic nitrogens is 2. The molecular formula is C16H29BrN4. The number of hydrogen-bond donors (Lipinski definition) is 2. The van der Waals surface area contributed by atoms with Gasteiger partial charge in [0.15, 0.2) is 0 Å². The molecule has 1 aromatic rings. The molecule has 0 aromatic carbocycles. The zero-order valence-electron chi connectivity index (χ0n) is 13.5. The van der Waals surface area contributed by atoms with Gasteiger partial charge in [0.05, 0.1) is 22.4 Å². The van der Waals surface area contributed by atoms with E-state index in [2.05, 4.69) is 51.9 Å². The Kier molecular flexibility index (Phi) is 6.26. The first kappa shape index (κ1) is 17.0. The van der Waals surface area contributed by atoms with Crippen molar-refractivity contribution in [3.8, 4) is 0 Å². The van der Waals surface area contributed by atoms with Gasteiger partial charge >= 0.3 is 0 Å². The van der Waals surface area contributed by atoms with Crippen molar-refractivity contribution < 1.29 is 0 Å². The normalized spacial score (nSPS) is 24.5. The third-order valence-corrected chi connectivity index (χ3v) is 5.42. The molecule has 0 amide bonds. The Hall–Kier alpha value is -0.390. The summed E-state index contributed by atoms with van der Waals surface area (Å²) in [6.45, 7) is 6.61. The van der Waals surface area contributed by atoms with Crippen LogP contribution in [-0.2, 0) is 0 Å². The lowest BCUT2D eigenvalue weighted by molar-refractivity contribution is 0.207. The maximum Gasteiger partial charge on any atom is 0.0715 e. The van der Waals surface area contributed by atoms with E-state index in [1.54, 1.807) is 0 Å². The van der Waals surface area contributed by atoms with Crippen LogP contribution in [0.4, 0.5) is 0 Å². The van der Waals surface area contributed by atoms with Crippen molar-refractivity contribution in [1.29, 1.82) is 0 Å². The van der Waals surface area contributed by atoms with Gasteiger partial charge in [-0.25, -0.2) is 0 Å². The lowest BCUT2D eigenvalue weighted by Crippen LogP contribution is -2.37. The van der Waals surface area contributed by atoms with Gasteiger partial charge in [0, 0.05) is 6.04 Å². The number of nitrogens with two attached hydrogens (primary N) is 1. The van der Waals surface area contributed by atoms with Crippen LogP contribution in [0.5, 0.6) is 0 Å². The van der Waals surface area contributed by atoms with Gasteiger partial charge in [-0.15, -0.1) is 0 Å². The standard InChI is InChI=1S/C16H29BrN4/c1-4-5-12-6-8-13(9-7-12)15(20-18)16-14(17)10-19-21(16)11(2)3/h10-13,15,20H,4-9,18H2,1-3H3. The summed E-state index contributed by atoms with van der Waals surface area (Å²) in [6.07, 6.45) is 9.77. The van der Waals surface area contributed by atoms with Gasteiger partial charge in [0.1, 0.15) is 0 Å². The van der Waals surface area contributed by atoms with Crippen LogP contribution in [0.2, 0.25) is 0 Å². The first-order valence-corrected chi connectivity index (χ1v) is 9.06. The molecule has 0 spiro atoms. The van der Waals surface area contributed by atoms with Gasteiger partial charge in [-0.05, 0) is 54.5 Å². The molecule has 1 unspecified atom stereocenters. The van der Waals surface area contributed by atoms with E-state index in [9.17, 15) is 0 Å². The predicted octanol–water partition coefficient (Wildman–Crippen LogP) is 4.34. The maximum absolute atomic E-state index is 5.91. The molecule has 5 heteroatoms. The highest BCUT2D eigenvalue weighted by Crippen LogP contribution is 2.40. The van der Waals surface area contributed by atoms with Gasteiger partial charge in [-0.3, -0.25) is 16.0 Å². The molecule has 0 radical (unpaired) electrons. The number of hydrogen-bond acceptors (Lipinski definition) is 3. The fourth-order valence-corrected chi connectivity index (χ4v) is 4.23. The lowest BCUT2D eigenvalue weighted by Gasteiger charge is -2.34. The van der Waals surface area contributed by atoms with Crippen LogP contribution in [0.25, 0.3) is 0 Å². The highest BCUT2D eigenvalue weighted by Gasteiger charge is 2.31. The van der Waals surface area contributed by atoms with E-state index in [1.807, 2.05) is 6.20 Å². The molecule has 4 nitrogen and oxygen atoms in total. The summed E-state index contributed by atoms with van der Waals surface area (Å²) in [5.74, 6) is 7.44. The minimum Gasteiger partial charge on any atom is -0.271 e. The summed E-state index contributed by atoms with van der Waals surface area (Å²) in [5, 5.41) is 4.50. The topological polar surface area (TPSA) is 55.9 Å². The largest absolute Gasteiger partial charge is 0.271 e. The molecule has 1 aliphatic rings. The van der Waals surface area contributed by atoms with Crippen LogP contribution >= 0.6 is 15.9 Å². The van der Waals surface area contributed by atoms with E-state index < -0.39 is 0 Å². The Morgan fingerprint density at radius 3 is 2.57 bits per heavy atom. The van der Waals surface area contributed by atoms with Crippen molar-refractivity contribution >= 4 is 15.9 Å². The van der Waals surface area contributed by atoms with Crippen LogP contribution in [0.3, 0.4) is 0 Å². The van der Waals surface area contributed by atoms with Crippen LogP contribution < -0.4 is 11.3 Å². The van der Waals surface area contributed by atoms with Crippen molar-refractivity contribution in [2.75, 3.05) is 0 Å². The predicted molar refractivity (Wildman–Crippen MR) is 90.7 cm³/mol. The molecular weight excluding hydrogens is 328 g/mol. The second kappa shape index (κ2) is 7.75. The zero-order valence-corrected chi connectivity index (χ0v) is 15.1. The van der Waals surface area contributed by atoms with Gasteiger partial charge in [-0.2, -0.15) is 5.10 Å². The maximum atomic E-state index is 5.91. The summed E-state index contributed by atoms with van der Waals surface area (Å²) in [5.41, 5.74) is 4.27. The summed E-state index contributed by atoms with van der Waals surface area (Å²) < 4.78 is 3.15. The van der Waals surface area contributed by atoms with E-state index in [0.29, 0.717) is 12.0 Å². The molecule has 1 atom stereocenters. The highest BCUT2D eigenvalue weighted by atomic mass is 79.9.